The largest absolute Gasteiger partial charge is 0.331 e. The quantitative estimate of drug-likeness (QED) is 0.796. The maximum absolute atomic E-state index is 13.4. The summed E-state index contributed by atoms with van der Waals surface area (Å²) >= 11 is 0. The highest BCUT2D eigenvalue weighted by Crippen LogP contribution is 2.42. The molecule has 118 valence electrons. The highest BCUT2D eigenvalue weighted by Gasteiger charge is 2.49. The van der Waals surface area contributed by atoms with Gasteiger partial charge in [0.15, 0.2) is 0 Å². The van der Waals surface area contributed by atoms with Gasteiger partial charge in [0.2, 0.25) is 5.91 Å². The summed E-state index contributed by atoms with van der Waals surface area (Å²) < 4.78 is 13.4. The molecule has 2 saturated heterocycles. The molecule has 2 fully saturated rings. The average molecular weight is 305 g/mol. The van der Waals surface area contributed by atoms with Gasteiger partial charge in [0, 0.05) is 51.3 Å². The Kier molecular flexibility index (Phi) is 3.54. The van der Waals surface area contributed by atoms with Crippen LogP contribution in [0.2, 0.25) is 0 Å². The van der Waals surface area contributed by atoms with Gasteiger partial charge in [-0.05, 0) is 24.6 Å². The van der Waals surface area contributed by atoms with E-state index < -0.39 is 0 Å². The van der Waals surface area contributed by atoms with E-state index in [1.165, 1.54) is 12.1 Å². The summed E-state index contributed by atoms with van der Waals surface area (Å²) in [6.07, 6.45) is 1.23. The summed E-state index contributed by atoms with van der Waals surface area (Å²) in [5.74, 6) is -0.341. The molecule has 5 nitrogen and oxygen atoms in total. The topological polar surface area (TPSA) is 43.9 Å². The van der Waals surface area contributed by atoms with Gasteiger partial charge < -0.3 is 14.7 Å². The average Bonchev–Trinajstić information content (AvgIpc) is 3.02. The third kappa shape index (κ3) is 2.53. The zero-order valence-electron chi connectivity index (χ0n) is 12.9. The van der Waals surface area contributed by atoms with Gasteiger partial charge in [-0.25, -0.2) is 9.18 Å². The number of carbonyl (C=O) groups is 2. The third-order valence-electron chi connectivity index (χ3n) is 4.53. The molecule has 0 bridgehead atoms. The molecule has 1 atom stereocenters. The summed E-state index contributed by atoms with van der Waals surface area (Å²) in [6, 6.07) is 6.09. The van der Waals surface area contributed by atoms with Crippen molar-refractivity contribution in [2.75, 3.05) is 38.6 Å². The summed E-state index contributed by atoms with van der Waals surface area (Å²) in [4.78, 5) is 29.4. The number of likely N-dealkylation sites (tertiary alicyclic amines) is 1. The van der Waals surface area contributed by atoms with E-state index in [1.807, 2.05) is 0 Å². The van der Waals surface area contributed by atoms with Gasteiger partial charge >= 0.3 is 6.03 Å². The van der Waals surface area contributed by atoms with Crippen molar-refractivity contribution >= 4 is 17.6 Å². The lowest BCUT2D eigenvalue weighted by Crippen LogP contribution is -2.39. The van der Waals surface area contributed by atoms with Crippen LogP contribution >= 0.6 is 0 Å². The second-order valence-electron chi connectivity index (χ2n) is 6.49. The SMILES string of the molecule is CN(C)C(=O)N1CC[C@@]2(CC(=O)N(c3cccc(F)c3)C2)C1. The molecule has 0 unspecified atom stereocenters. The van der Waals surface area contributed by atoms with E-state index in [1.54, 1.807) is 40.9 Å². The predicted molar refractivity (Wildman–Crippen MR) is 81.1 cm³/mol. The van der Waals surface area contributed by atoms with E-state index in [4.69, 9.17) is 0 Å². The molecule has 22 heavy (non-hydrogen) atoms. The molecule has 3 amide bonds. The van der Waals surface area contributed by atoms with Crippen LogP contribution in [0.15, 0.2) is 24.3 Å². The lowest BCUT2D eigenvalue weighted by atomic mass is 9.86. The number of amides is 3. The van der Waals surface area contributed by atoms with Gasteiger partial charge in [-0.3, -0.25) is 4.79 Å². The molecular formula is C16H20FN3O2. The van der Waals surface area contributed by atoms with Crippen LogP contribution in [0.3, 0.4) is 0 Å². The maximum atomic E-state index is 13.4. The highest BCUT2D eigenvalue weighted by atomic mass is 19.1. The molecule has 0 saturated carbocycles. The molecule has 0 aromatic heterocycles. The normalized spacial score (nSPS) is 24.4. The third-order valence-corrected chi connectivity index (χ3v) is 4.53. The van der Waals surface area contributed by atoms with Gasteiger partial charge in [-0.1, -0.05) is 6.07 Å². The number of hydrogen-bond donors (Lipinski definition) is 0. The highest BCUT2D eigenvalue weighted by molar-refractivity contribution is 5.96. The van der Waals surface area contributed by atoms with Gasteiger partial charge in [-0.15, -0.1) is 0 Å². The number of nitrogens with zero attached hydrogens (tertiary/aromatic N) is 3. The minimum absolute atomic E-state index is 0.00440. The van der Waals surface area contributed by atoms with Crippen molar-refractivity contribution in [1.82, 2.24) is 9.80 Å². The number of carbonyl (C=O) groups excluding carboxylic acids is 2. The van der Waals surface area contributed by atoms with Crippen LogP contribution in [-0.4, -0.2) is 55.5 Å². The molecule has 0 radical (unpaired) electrons. The first-order valence-electron chi connectivity index (χ1n) is 7.42. The molecule has 0 N–H and O–H groups in total. The Morgan fingerprint density at radius 3 is 2.77 bits per heavy atom. The van der Waals surface area contributed by atoms with E-state index in [-0.39, 0.29) is 23.2 Å². The molecule has 3 rings (SSSR count). The minimum Gasteiger partial charge on any atom is -0.331 e. The zero-order chi connectivity index (χ0) is 15.9. The van der Waals surface area contributed by atoms with Crippen molar-refractivity contribution in [3.8, 4) is 0 Å². The molecule has 2 heterocycles. The van der Waals surface area contributed by atoms with Crippen molar-refractivity contribution in [3.05, 3.63) is 30.1 Å². The van der Waals surface area contributed by atoms with E-state index in [2.05, 4.69) is 0 Å². The Labute approximate surface area is 129 Å². The number of rotatable bonds is 1. The van der Waals surface area contributed by atoms with Crippen LogP contribution in [-0.2, 0) is 4.79 Å². The van der Waals surface area contributed by atoms with Crippen molar-refractivity contribution < 1.29 is 14.0 Å². The Bertz CT molecular complexity index is 619. The monoisotopic (exact) mass is 305 g/mol. The van der Waals surface area contributed by atoms with Crippen molar-refractivity contribution in [3.63, 3.8) is 0 Å². The fourth-order valence-electron chi connectivity index (χ4n) is 3.43. The van der Waals surface area contributed by atoms with E-state index in [0.29, 0.717) is 31.7 Å². The Balaban J connectivity index is 1.76. The first-order chi connectivity index (χ1) is 10.4. The minimum atomic E-state index is -0.345. The maximum Gasteiger partial charge on any atom is 0.319 e. The van der Waals surface area contributed by atoms with Gasteiger partial charge in [0.1, 0.15) is 5.82 Å². The van der Waals surface area contributed by atoms with Gasteiger partial charge in [0.25, 0.3) is 0 Å². The zero-order valence-corrected chi connectivity index (χ0v) is 12.9. The van der Waals surface area contributed by atoms with Crippen LogP contribution in [0.25, 0.3) is 0 Å². The molecule has 2 aliphatic heterocycles. The Morgan fingerprint density at radius 1 is 1.32 bits per heavy atom. The smallest absolute Gasteiger partial charge is 0.319 e. The van der Waals surface area contributed by atoms with Crippen LogP contribution in [0, 0.1) is 11.2 Å². The first-order valence-corrected chi connectivity index (χ1v) is 7.42. The second-order valence-corrected chi connectivity index (χ2v) is 6.49. The van der Waals surface area contributed by atoms with Crippen molar-refractivity contribution in [2.24, 2.45) is 5.41 Å². The molecule has 0 aliphatic carbocycles. The summed E-state index contributed by atoms with van der Waals surface area (Å²) in [5.41, 5.74) is 0.397. The number of hydrogen-bond acceptors (Lipinski definition) is 2. The fraction of sp³-hybridized carbons (Fsp3) is 0.500. The van der Waals surface area contributed by atoms with Gasteiger partial charge in [0.05, 0.1) is 0 Å². The number of urea groups is 1. The second kappa shape index (κ2) is 5.26. The molecule has 1 aromatic carbocycles. The van der Waals surface area contributed by atoms with Gasteiger partial charge in [-0.2, -0.15) is 0 Å². The van der Waals surface area contributed by atoms with Crippen molar-refractivity contribution in [2.45, 2.75) is 12.8 Å². The van der Waals surface area contributed by atoms with E-state index in [9.17, 15) is 14.0 Å². The van der Waals surface area contributed by atoms with Crippen molar-refractivity contribution in [1.29, 1.82) is 0 Å². The number of halogens is 1. The standard InChI is InChI=1S/C16H20FN3O2/c1-18(2)15(22)19-7-6-16(10-19)9-14(21)20(11-16)13-5-3-4-12(17)8-13/h3-5,8H,6-7,9-11H2,1-2H3/t16-/m1/s1. The number of benzene rings is 1. The van der Waals surface area contributed by atoms with Crippen LogP contribution in [0.5, 0.6) is 0 Å². The fourth-order valence-corrected chi connectivity index (χ4v) is 3.43. The summed E-state index contributed by atoms with van der Waals surface area (Å²) in [7, 11) is 3.46. The lowest BCUT2D eigenvalue weighted by Gasteiger charge is -2.25. The molecule has 2 aliphatic rings. The molecule has 1 aromatic rings. The summed E-state index contributed by atoms with van der Waals surface area (Å²) in [5, 5.41) is 0. The predicted octanol–water partition coefficient (Wildman–Crippen LogP) is 1.94. The lowest BCUT2D eigenvalue weighted by molar-refractivity contribution is -0.117. The van der Waals surface area contributed by atoms with E-state index in [0.717, 1.165) is 6.42 Å². The summed E-state index contributed by atoms with van der Waals surface area (Å²) in [6.45, 7) is 1.80. The first kappa shape index (κ1) is 14.8. The Hall–Kier alpha value is -2.11. The molecular weight excluding hydrogens is 285 g/mol. The number of anilines is 1. The van der Waals surface area contributed by atoms with E-state index >= 15 is 0 Å². The van der Waals surface area contributed by atoms with Crippen LogP contribution < -0.4 is 4.90 Å². The van der Waals surface area contributed by atoms with Crippen LogP contribution in [0.1, 0.15) is 12.8 Å². The Morgan fingerprint density at radius 2 is 2.09 bits per heavy atom. The molecule has 1 spiro atoms. The van der Waals surface area contributed by atoms with Crippen LogP contribution in [0.4, 0.5) is 14.9 Å². The molecule has 6 heteroatoms.